The van der Waals surface area contributed by atoms with Gasteiger partial charge in [-0.1, -0.05) is 0 Å². The average molecular weight is 278 g/mol. The Morgan fingerprint density at radius 1 is 1.47 bits per heavy atom. The summed E-state index contributed by atoms with van der Waals surface area (Å²) in [5.41, 5.74) is 1.37. The molecular formula is C13H15FN4S. The molecule has 6 heteroatoms. The second kappa shape index (κ2) is 5.61. The van der Waals surface area contributed by atoms with Gasteiger partial charge in [0.2, 0.25) is 0 Å². The third-order valence-electron chi connectivity index (χ3n) is 3.26. The van der Waals surface area contributed by atoms with Crippen LogP contribution in [0.1, 0.15) is 6.42 Å². The van der Waals surface area contributed by atoms with Gasteiger partial charge < -0.3 is 5.32 Å². The van der Waals surface area contributed by atoms with Crippen molar-refractivity contribution < 1.29 is 4.39 Å². The second-order valence-electron chi connectivity index (χ2n) is 4.64. The predicted octanol–water partition coefficient (Wildman–Crippen LogP) is 2.78. The van der Waals surface area contributed by atoms with Crippen molar-refractivity contribution in [2.45, 2.75) is 6.42 Å². The smallest absolute Gasteiger partial charge is 0.158 e. The zero-order valence-corrected chi connectivity index (χ0v) is 11.2. The fourth-order valence-corrected chi connectivity index (χ4v) is 3.44. The Labute approximate surface area is 115 Å². The molecule has 19 heavy (non-hydrogen) atoms. The van der Waals surface area contributed by atoms with E-state index in [2.05, 4.69) is 20.5 Å². The maximum atomic E-state index is 13.8. The highest BCUT2D eigenvalue weighted by atomic mass is 32.2. The Morgan fingerprint density at radius 2 is 2.42 bits per heavy atom. The summed E-state index contributed by atoms with van der Waals surface area (Å²) in [5.74, 6) is 3.34. The van der Waals surface area contributed by atoms with Gasteiger partial charge in [0.25, 0.3) is 0 Å². The molecule has 3 rings (SSSR count). The minimum absolute atomic E-state index is 0.293. The molecule has 1 fully saturated rings. The van der Waals surface area contributed by atoms with Crippen LogP contribution in [0.4, 0.5) is 10.1 Å². The van der Waals surface area contributed by atoms with Crippen molar-refractivity contribution in [3.63, 3.8) is 0 Å². The molecule has 0 bridgehead atoms. The van der Waals surface area contributed by atoms with E-state index < -0.39 is 0 Å². The van der Waals surface area contributed by atoms with E-state index in [0.717, 1.165) is 12.2 Å². The van der Waals surface area contributed by atoms with Crippen molar-refractivity contribution >= 4 is 17.4 Å². The number of benzene rings is 1. The van der Waals surface area contributed by atoms with E-state index in [4.69, 9.17) is 0 Å². The third kappa shape index (κ3) is 2.89. The van der Waals surface area contributed by atoms with Gasteiger partial charge in [0.15, 0.2) is 5.82 Å². The number of hydrogen-bond acceptors (Lipinski definition) is 4. The Hall–Kier alpha value is -1.56. The molecule has 100 valence electrons. The molecule has 0 aliphatic carbocycles. The first-order chi connectivity index (χ1) is 9.33. The maximum absolute atomic E-state index is 13.8. The molecule has 1 unspecified atom stereocenters. The van der Waals surface area contributed by atoms with E-state index >= 15 is 0 Å². The van der Waals surface area contributed by atoms with Gasteiger partial charge in [0.05, 0.1) is 5.56 Å². The number of thioether (sulfide) groups is 1. The van der Waals surface area contributed by atoms with Crippen molar-refractivity contribution in [2.24, 2.45) is 5.92 Å². The average Bonchev–Trinajstić information content (AvgIpc) is 3.11. The first-order valence-electron chi connectivity index (χ1n) is 6.30. The largest absolute Gasteiger partial charge is 0.385 e. The standard InChI is InChI=1S/C13H15FN4S/c14-12-2-1-10(15-6-9-3-4-19-7-9)5-11(12)13-16-8-17-18-13/h1-2,5,8-9,15H,3-4,6-7H2,(H,16,17,18). The highest BCUT2D eigenvalue weighted by molar-refractivity contribution is 7.99. The summed E-state index contributed by atoms with van der Waals surface area (Å²) in [6.45, 7) is 0.939. The first kappa shape index (κ1) is 12.5. The normalized spacial score (nSPS) is 18.7. The number of aromatic nitrogens is 3. The molecule has 2 N–H and O–H groups in total. The third-order valence-corrected chi connectivity index (χ3v) is 4.49. The van der Waals surface area contributed by atoms with Crippen molar-refractivity contribution in [3.8, 4) is 11.4 Å². The Kier molecular flexibility index (Phi) is 3.68. The SMILES string of the molecule is Fc1ccc(NCC2CCSC2)cc1-c1ncn[nH]1. The summed E-state index contributed by atoms with van der Waals surface area (Å²) < 4.78 is 13.8. The molecule has 1 aromatic carbocycles. The molecule has 2 aromatic rings. The molecule has 1 saturated heterocycles. The van der Waals surface area contributed by atoms with E-state index in [1.807, 2.05) is 11.8 Å². The first-order valence-corrected chi connectivity index (χ1v) is 7.45. The molecule has 1 aromatic heterocycles. The van der Waals surface area contributed by atoms with Crippen LogP contribution >= 0.6 is 11.8 Å². The van der Waals surface area contributed by atoms with Gasteiger partial charge in [-0.05, 0) is 42.0 Å². The van der Waals surface area contributed by atoms with Crippen LogP contribution in [0.3, 0.4) is 0 Å². The van der Waals surface area contributed by atoms with Crippen LogP contribution in [0.5, 0.6) is 0 Å². The van der Waals surface area contributed by atoms with E-state index in [1.54, 1.807) is 12.1 Å². The summed E-state index contributed by atoms with van der Waals surface area (Å²) in [7, 11) is 0. The zero-order chi connectivity index (χ0) is 13.1. The molecule has 0 radical (unpaired) electrons. The topological polar surface area (TPSA) is 53.6 Å². The monoisotopic (exact) mass is 278 g/mol. The second-order valence-corrected chi connectivity index (χ2v) is 5.79. The summed E-state index contributed by atoms with van der Waals surface area (Å²) in [6, 6.07) is 5.00. The number of H-pyrrole nitrogens is 1. The number of rotatable bonds is 4. The van der Waals surface area contributed by atoms with Gasteiger partial charge in [0, 0.05) is 12.2 Å². The quantitative estimate of drug-likeness (QED) is 0.903. The molecule has 2 heterocycles. The lowest BCUT2D eigenvalue weighted by molar-refractivity contribution is 0.626. The minimum Gasteiger partial charge on any atom is -0.385 e. The van der Waals surface area contributed by atoms with Crippen molar-refractivity contribution in [1.82, 2.24) is 15.2 Å². The number of nitrogens with zero attached hydrogens (tertiary/aromatic N) is 2. The van der Waals surface area contributed by atoms with Gasteiger partial charge in [-0.25, -0.2) is 9.37 Å². The summed E-state index contributed by atoms with van der Waals surface area (Å²) in [6.07, 6.45) is 2.64. The van der Waals surface area contributed by atoms with E-state index in [9.17, 15) is 4.39 Å². The van der Waals surface area contributed by atoms with E-state index in [1.165, 1.54) is 30.3 Å². The number of halogens is 1. The van der Waals surface area contributed by atoms with Gasteiger partial charge in [-0.15, -0.1) is 0 Å². The Balaban J connectivity index is 1.73. The molecule has 4 nitrogen and oxygen atoms in total. The molecule has 0 amide bonds. The molecule has 0 spiro atoms. The van der Waals surface area contributed by atoms with Crippen LogP contribution in [-0.4, -0.2) is 33.2 Å². The summed E-state index contributed by atoms with van der Waals surface area (Å²) in [4.78, 5) is 3.99. The van der Waals surface area contributed by atoms with Gasteiger partial charge in [-0.2, -0.15) is 16.9 Å². The summed E-state index contributed by atoms with van der Waals surface area (Å²) >= 11 is 2.00. The molecule has 1 aliphatic heterocycles. The number of hydrogen-bond donors (Lipinski definition) is 2. The van der Waals surface area contributed by atoms with Crippen LogP contribution in [0.2, 0.25) is 0 Å². The van der Waals surface area contributed by atoms with Crippen molar-refractivity contribution in [1.29, 1.82) is 0 Å². The lowest BCUT2D eigenvalue weighted by atomic mass is 10.1. The molecule has 1 atom stereocenters. The van der Waals surface area contributed by atoms with Gasteiger partial charge in [-0.3, -0.25) is 5.10 Å². The van der Waals surface area contributed by atoms with Crippen LogP contribution in [0.15, 0.2) is 24.5 Å². The van der Waals surface area contributed by atoms with E-state index in [0.29, 0.717) is 17.3 Å². The van der Waals surface area contributed by atoms with Gasteiger partial charge >= 0.3 is 0 Å². The number of aromatic amines is 1. The highest BCUT2D eigenvalue weighted by Gasteiger charge is 2.15. The zero-order valence-electron chi connectivity index (χ0n) is 10.4. The maximum Gasteiger partial charge on any atom is 0.158 e. The molecular weight excluding hydrogens is 263 g/mol. The molecule has 0 saturated carbocycles. The Morgan fingerprint density at radius 3 is 3.16 bits per heavy atom. The lowest BCUT2D eigenvalue weighted by Crippen LogP contribution is -2.13. The van der Waals surface area contributed by atoms with Gasteiger partial charge in [0.1, 0.15) is 12.1 Å². The number of nitrogens with one attached hydrogen (secondary N) is 2. The van der Waals surface area contributed by atoms with Crippen molar-refractivity contribution in [2.75, 3.05) is 23.4 Å². The van der Waals surface area contributed by atoms with Crippen LogP contribution in [0, 0.1) is 11.7 Å². The minimum atomic E-state index is -0.293. The summed E-state index contributed by atoms with van der Waals surface area (Å²) in [5, 5.41) is 9.81. The molecule has 1 aliphatic rings. The fraction of sp³-hybridized carbons (Fsp3) is 0.385. The lowest BCUT2D eigenvalue weighted by Gasteiger charge is -2.12. The highest BCUT2D eigenvalue weighted by Crippen LogP contribution is 2.26. The number of anilines is 1. The van der Waals surface area contributed by atoms with Crippen LogP contribution < -0.4 is 5.32 Å². The predicted molar refractivity (Wildman–Crippen MR) is 75.7 cm³/mol. The Bertz CT molecular complexity index is 538. The van der Waals surface area contributed by atoms with E-state index in [-0.39, 0.29) is 5.82 Å². The van der Waals surface area contributed by atoms with Crippen LogP contribution in [-0.2, 0) is 0 Å². The van der Waals surface area contributed by atoms with Crippen molar-refractivity contribution in [3.05, 3.63) is 30.3 Å². The van der Waals surface area contributed by atoms with Crippen LogP contribution in [0.25, 0.3) is 11.4 Å². The fourth-order valence-electron chi connectivity index (χ4n) is 2.16.